The molecule has 0 aliphatic carbocycles. The lowest BCUT2D eigenvalue weighted by molar-refractivity contribution is 0.0964. The summed E-state index contributed by atoms with van der Waals surface area (Å²) >= 11 is 0. The molecule has 2 amide bonds. The molecule has 8 heteroatoms. The van der Waals surface area contributed by atoms with Gasteiger partial charge in [0.05, 0.1) is 22.3 Å². The number of rotatable bonds is 4. The molecule has 0 fully saturated rings. The molecule has 2 aromatic carbocycles. The molecular formula is C20H17N5O3. The number of nitrogens with zero attached hydrogens (tertiary/aromatic N) is 2. The number of hydrogen-bond acceptors (Lipinski definition) is 5. The first-order chi connectivity index (χ1) is 13.5. The second-order valence-electron chi connectivity index (χ2n) is 6.22. The fourth-order valence-electron chi connectivity index (χ4n) is 2.88. The van der Waals surface area contributed by atoms with Crippen LogP contribution in [0.5, 0.6) is 0 Å². The van der Waals surface area contributed by atoms with Crippen LogP contribution < -0.4 is 10.6 Å². The van der Waals surface area contributed by atoms with Gasteiger partial charge in [0.15, 0.2) is 5.69 Å². The van der Waals surface area contributed by atoms with Gasteiger partial charge in [0.1, 0.15) is 11.6 Å². The van der Waals surface area contributed by atoms with E-state index in [1.807, 2.05) is 30.3 Å². The van der Waals surface area contributed by atoms with E-state index in [1.165, 1.54) is 13.1 Å². The van der Waals surface area contributed by atoms with Crippen LogP contribution in [0.2, 0.25) is 0 Å². The van der Waals surface area contributed by atoms with Crippen molar-refractivity contribution in [1.82, 2.24) is 20.4 Å². The van der Waals surface area contributed by atoms with Crippen molar-refractivity contribution in [2.75, 3.05) is 12.4 Å². The molecule has 0 spiro atoms. The highest BCUT2D eigenvalue weighted by Gasteiger charge is 2.18. The summed E-state index contributed by atoms with van der Waals surface area (Å²) in [5.41, 5.74) is 3.01. The van der Waals surface area contributed by atoms with Crippen LogP contribution >= 0.6 is 0 Å². The Balaban J connectivity index is 1.77. The molecule has 3 N–H and O–H groups in total. The van der Waals surface area contributed by atoms with Crippen molar-refractivity contribution >= 4 is 28.5 Å². The summed E-state index contributed by atoms with van der Waals surface area (Å²) in [6.45, 7) is 1.70. The van der Waals surface area contributed by atoms with Gasteiger partial charge in [-0.25, -0.2) is 4.98 Å². The minimum Gasteiger partial charge on any atom is -0.361 e. The van der Waals surface area contributed by atoms with Gasteiger partial charge in [0, 0.05) is 18.7 Å². The Morgan fingerprint density at radius 2 is 1.86 bits per heavy atom. The molecule has 0 saturated heterocycles. The van der Waals surface area contributed by atoms with Crippen molar-refractivity contribution in [3.05, 3.63) is 65.5 Å². The number of aryl methyl sites for hydroxylation is 1. The zero-order chi connectivity index (χ0) is 19.7. The number of hydrogen-bond donors (Lipinski definition) is 3. The third-order valence-electron chi connectivity index (χ3n) is 4.25. The molecule has 0 aliphatic rings. The zero-order valence-electron chi connectivity index (χ0n) is 15.2. The molecule has 0 aliphatic heterocycles. The van der Waals surface area contributed by atoms with Crippen LogP contribution in [0.25, 0.3) is 22.4 Å². The molecule has 0 atom stereocenters. The fraction of sp³-hybridized carbons (Fsp3) is 0.100. The summed E-state index contributed by atoms with van der Waals surface area (Å²) in [5, 5.41) is 9.01. The van der Waals surface area contributed by atoms with Crippen LogP contribution in [0, 0.1) is 6.92 Å². The smallest absolute Gasteiger partial charge is 0.277 e. The first-order valence-corrected chi connectivity index (χ1v) is 8.61. The quantitative estimate of drug-likeness (QED) is 0.507. The maximum absolute atomic E-state index is 12.5. The van der Waals surface area contributed by atoms with Crippen molar-refractivity contribution in [2.24, 2.45) is 0 Å². The maximum Gasteiger partial charge on any atom is 0.277 e. The van der Waals surface area contributed by atoms with Gasteiger partial charge in [-0.1, -0.05) is 35.5 Å². The van der Waals surface area contributed by atoms with Crippen molar-refractivity contribution in [2.45, 2.75) is 6.92 Å². The number of anilines is 1. The van der Waals surface area contributed by atoms with E-state index in [2.05, 4.69) is 25.8 Å². The van der Waals surface area contributed by atoms with E-state index >= 15 is 0 Å². The van der Waals surface area contributed by atoms with Gasteiger partial charge in [0.25, 0.3) is 11.8 Å². The van der Waals surface area contributed by atoms with Crippen LogP contribution in [0.1, 0.15) is 26.6 Å². The van der Waals surface area contributed by atoms with Gasteiger partial charge in [-0.05, 0) is 19.1 Å². The molecule has 0 unspecified atom stereocenters. The first-order valence-electron chi connectivity index (χ1n) is 8.61. The SMILES string of the molecule is CNC(=O)c1cc2[nH]c(-c3ccccc3)nc2cc1NC(=O)c1cc(C)on1. The van der Waals surface area contributed by atoms with Crippen molar-refractivity contribution in [1.29, 1.82) is 0 Å². The van der Waals surface area contributed by atoms with E-state index in [4.69, 9.17) is 4.52 Å². The molecule has 140 valence electrons. The Kier molecular flexibility index (Phi) is 4.36. The molecule has 28 heavy (non-hydrogen) atoms. The highest BCUT2D eigenvalue weighted by molar-refractivity contribution is 6.10. The number of carbonyl (C=O) groups excluding carboxylic acids is 2. The van der Waals surface area contributed by atoms with Gasteiger partial charge in [0.2, 0.25) is 0 Å². The van der Waals surface area contributed by atoms with E-state index in [0.717, 1.165) is 5.56 Å². The molecule has 2 heterocycles. The van der Waals surface area contributed by atoms with Crippen LogP contribution in [0.4, 0.5) is 5.69 Å². The lowest BCUT2D eigenvalue weighted by Gasteiger charge is -2.09. The average Bonchev–Trinajstić information content (AvgIpc) is 3.33. The topological polar surface area (TPSA) is 113 Å². The van der Waals surface area contributed by atoms with Crippen molar-refractivity contribution < 1.29 is 14.1 Å². The lowest BCUT2D eigenvalue weighted by Crippen LogP contribution is -2.21. The number of aromatic amines is 1. The van der Waals surface area contributed by atoms with Crippen LogP contribution in [-0.2, 0) is 0 Å². The summed E-state index contributed by atoms with van der Waals surface area (Å²) in [6.07, 6.45) is 0. The molecule has 0 radical (unpaired) electrons. The van der Waals surface area contributed by atoms with E-state index in [9.17, 15) is 9.59 Å². The van der Waals surface area contributed by atoms with E-state index < -0.39 is 5.91 Å². The number of imidazole rings is 1. The molecule has 4 aromatic rings. The minimum absolute atomic E-state index is 0.132. The molecule has 8 nitrogen and oxygen atoms in total. The number of fused-ring (bicyclic) bond motifs is 1. The van der Waals surface area contributed by atoms with Gasteiger partial charge in [-0.2, -0.15) is 0 Å². The Bertz CT molecular complexity index is 1180. The third-order valence-corrected chi connectivity index (χ3v) is 4.25. The van der Waals surface area contributed by atoms with E-state index in [1.54, 1.807) is 19.1 Å². The summed E-state index contributed by atoms with van der Waals surface area (Å²) in [5.74, 6) is 0.394. The lowest BCUT2D eigenvalue weighted by atomic mass is 10.1. The Morgan fingerprint density at radius 1 is 1.07 bits per heavy atom. The van der Waals surface area contributed by atoms with Crippen LogP contribution in [0.15, 0.2) is 53.1 Å². The van der Waals surface area contributed by atoms with Crippen LogP contribution in [-0.4, -0.2) is 34.0 Å². The number of H-pyrrole nitrogens is 1. The monoisotopic (exact) mass is 375 g/mol. The number of benzene rings is 2. The Hall–Kier alpha value is -3.94. The van der Waals surface area contributed by atoms with Gasteiger partial charge >= 0.3 is 0 Å². The Labute approximate surface area is 160 Å². The average molecular weight is 375 g/mol. The molecule has 0 saturated carbocycles. The summed E-state index contributed by atoms with van der Waals surface area (Å²) in [4.78, 5) is 32.6. The normalized spacial score (nSPS) is 10.8. The second kappa shape index (κ2) is 6.99. The summed E-state index contributed by atoms with van der Waals surface area (Å²) in [7, 11) is 1.53. The van der Waals surface area contributed by atoms with Gasteiger partial charge < -0.3 is 20.1 Å². The van der Waals surface area contributed by atoms with Crippen molar-refractivity contribution in [3.63, 3.8) is 0 Å². The highest BCUT2D eigenvalue weighted by atomic mass is 16.5. The highest BCUT2D eigenvalue weighted by Crippen LogP contribution is 2.26. The first kappa shape index (κ1) is 17.5. The fourth-order valence-corrected chi connectivity index (χ4v) is 2.88. The zero-order valence-corrected chi connectivity index (χ0v) is 15.2. The molecule has 4 rings (SSSR count). The standard InChI is InChI=1S/C20H17N5O3/c1-11-8-17(25-28-11)20(27)24-14-10-16-15(9-13(14)19(26)21-2)22-18(23-16)12-6-4-3-5-7-12/h3-10H,1-2H3,(H,21,26)(H,22,23)(H,24,27). The number of nitrogens with one attached hydrogen (secondary N) is 3. The van der Waals surface area contributed by atoms with Crippen molar-refractivity contribution in [3.8, 4) is 11.4 Å². The maximum atomic E-state index is 12.5. The number of carbonyl (C=O) groups is 2. The molecule has 2 aromatic heterocycles. The van der Waals surface area contributed by atoms with Crippen LogP contribution in [0.3, 0.4) is 0 Å². The predicted octanol–water partition coefficient (Wildman–Crippen LogP) is 3.14. The second-order valence-corrected chi connectivity index (χ2v) is 6.22. The van der Waals surface area contributed by atoms with E-state index in [0.29, 0.717) is 33.9 Å². The largest absolute Gasteiger partial charge is 0.361 e. The van der Waals surface area contributed by atoms with Gasteiger partial charge in [-0.3, -0.25) is 9.59 Å². The number of aromatic nitrogens is 3. The van der Waals surface area contributed by atoms with E-state index in [-0.39, 0.29) is 11.6 Å². The summed E-state index contributed by atoms with van der Waals surface area (Å²) in [6, 6.07) is 14.5. The number of amides is 2. The molecular weight excluding hydrogens is 358 g/mol. The Morgan fingerprint density at radius 3 is 2.54 bits per heavy atom. The predicted molar refractivity (Wildman–Crippen MR) is 104 cm³/mol. The molecule has 0 bridgehead atoms. The summed E-state index contributed by atoms with van der Waals surface area (Å²) < 4.78 is 4.94. The van der Waals surface area contributed by atoms with Gasteiger partial charge in [-0.15, -0.1) is 0 Å². The third kappa shape index (κ3) is 3.23. The minimum atomic E-state index is -0.472.